The number of carboxylic acid groups (broad SMARTS) is 1. The molecule has 4 heteroatoms. The van der Waals surface area contributed by atoms with E-state index in [1.165, 1.54) is 11.1 Å². The standard InChI is InChI=1S/C23H38O3S/c1-17(2)19(22(24)25)12-10-8-7-9-11-18-13-14-20(23(3,4)5)21(15-18)26-16-27-6/h13-15,17,19H,7-12,16H2,1-6H3,(H,24,25). The van der Waals surface area contributed by atoms with Crippen molar-refractivity contribution in [3.63, 3.8) is 0 Å². The number of hydrogen-bond donors (Lipinski definition) is 1. The first-order valence-electron chi connectivity index (χ1n) is 10.1. The summed E-state index contributed by atoms with van der Waals surface area (Å²) in [6.45, 7) is 10.6. The van der Waals surface area contributed by atoms with E-state index in [2.05, 4.69) is 45.2 Å². The first kappa shape index (κ1) is 23.9. The van der Waals surface area contributed by atoms with E-state index < -0.39 is 5.97 Å². The number of hydrogen-bond acceptors (Lipinski definition) is 3. The molecule has 0 heterocycles. The van der Waals surface area contributed by atoms with Gasteiger partial charge in [-0.05, 0) is 54.0 Å². The Bertz CT molecular complexity index is 575. The van der Waals surface area contributed by atoms with Crippen molar-refractivity contribution in [3.8, 4) is 5.75 Å². The van der Waals surface area contributed by atoms with E-state index in [1.807, 2.05) is 13.8 Å². The molecule has 0 radical (unpaired) electrons. The van der Waals surface area contributed by atoms with Gasteiger partial charge in [-0.2, -0.15) is 0 Å². The van der Waals surface area contributed by atoms with Crippen LogP contribution in [0.15, 0.2) is 18.2 Å². The van der Waals surface area contributed by atoms with Gasteiger partial charge >= 0.3 is 5.97 Å². The van der Waals surface area contributed by atoms with Crippen molar-refractivity contribution in [1.29, 1.82) is 0 Å². The van der Waals surface area contributed by atoms with Crippen LogP contribution in [0.1, 0.15) is 77.8 Å². The Morgan fingerprint density at radius 1 is 1.15 bits per heavy atom. The largest absolute Gasteiger partial charge is 0.483 e. The van der Waals surface area contributed by atoms with E-state index >= 15 is 0 Å². The molecule has 1 rings (SSSR count). The summed E-state index contributed by atoms with van der Waals surface area (Å²) in [6.07, 6.45) is 8.27. The number of carboxylic acids is 1. The smallest absolute Gasteiger partial charge is 0.306 e. The van der Waals surface area contributed by atoms with Gasteiger partial charge in [0, 0.05) is 0 Å². The third kappa shape index (κ3) is 8.59. The molecule has 1 N–H and O–H groups in total. The monoisotopic (exact) mass is 394 g/mol. The van der Waals surface area contributed by atoms with Crippen molar-refractivity contribution in [2.75, 3.05) is 12.2 Å². The first-order valence-corrected chi connectivity index (χ1v) is 11.5. The van der Waals surface area contributed by atoms with Crippen LogP contribution in [-0.2, 0) is 16.6 Å². The van der Waals surface area contributed by atoms with Gasteiger partial charge in [-0.1, -0.05) is 66.0 Å². The van der Waals surface area contributed by atoms with Crippen LogP contribution < -0.4 is 4.74 Å². The third-order valence-electron chi connectivity index (χ3n) is 5.04. The summed E-state index contributed by atoms with van der Waals surface area (Å²) in [6, 6.07) is 6.65. The van der Waals surface area contributed by atoms with Crippen LogP contribution in [-0.4, -0.2) is 23.3 Å². The number of rotatable bonds is 12. The molecule has 0 saturated carbocycles. The highest BCUT2D eigenvalue weighted by atomic mass is 32.2. The fourth-order valence-electron chi connectivity index (χ4n) is 3.37. The number of carbonyl (C=O) groups is 1. The first-order chi connectivity index (χ1) is 12.7. The summed E-state index contributed by atoms with van der Waals surface area (Å²) in [5.41, 5.74) is 2.65. The zero-order valence-electron chi connectivity index (χ0n) is 18.0. The van der Waals surface area contributed by atoms with Crippen molar-refractivity contribution < 1.29 is 14.6 Å². The molecule has 0 aliphatic heterocycles. The Morgan fingerprint density at radius 3 is 2.37 bits per heavy atom. The molecule has 0 bridgehead atoms. The Morgan fingerprint density at radius 2 is 1.81 bits per heavy atom. The Hall–Kier alpha value is -1.16. The second kappa shape index (κ2) is 11.6. The van der Waals surface area contributed by atoms with E-state index in [1.54, 1.807) is 11.8 Å². The predicted octanol–water partition coefficient (Wildman–Crippen LogP) is 6.53. The molecular formula is C23H38O3S. The molecule has 0 aromatic heterocycles. The van der Waals surface area contributed by atoms with Gasteiger partial charge < -0.3 is 9.84 Å². The van der Waals surface area contributed by atoms with Crippen LogP contribution in [0.2, 0.25) is 0 Å². The van der Waals surface area contributed by atoms with Crippen molar-refractivity contribution >= 4 is 17.7 Å². The lowest BCUT2D eigenvalue weighted by molar-refractivity contribution is -0.143. The second-order valence-corrected chi connectivity index (χ2v) is 9.59. The number of ether oxygens (including phenoxy) is 1. The fourth-order valence-corrected chi connectivity index (χ4v) is 3.62. The summed E-state index contributed by atoms with van der Waals surface area (Å²) in [4.78, 5) is 11.2. The second-order valence-electron chi connectivity index (χ2n) is 8.77. The minimum Gasteiger partial charge on any atom is -0.483 e. The molecule has 154 valence electrons. The Kier molecular flexibility index (Phi) is 10.3. The molecule has 0 saturated heterocycles. The molecule has 1 unspecified atom stereocenters. The molecule has 1 aromatic rings. The maximum Gasteiger partial charge on any atom is 0.306 e. The molecule has 3 nitrogen and oxygen atoms in total. The molecule has 0 aliphatic carbocycles. The number of benzene rings is 1. The van der Waals surface area contributed by atoms with Gasteiger partial charge in [0.05, 0.1) is 5.92 Å². The van der Waals surface area contributed by atoms with E-state index in [4.69, 9.17) is 4.74 Å². The van der Waals surface area contributed by atoms with Crippen LogP contribution in [0.5, 0.6) is 5.75 Å². The fraction of sp³-hybridized carbons (Fsp3) is 0.696. The van der Waals surface area contributed by atoms with Gasteiger partial charge in [-0.3, -0.25) is 4.79 Å². The zero-order chi connectivity index (χ0) is 20.4. The quantitative estimate of drug-likeness (QED) is 0.323. The van der Waals surface area contributed by atoms with E-state index in [0.29, 0.717) is 5.94 Å². The summed E-state index contributed by atoms with van der Waals surface area (Å²) >= 11 is 1.69. The van der Waals surface area contributed by atoms with E-state index in [0.717, 1.165) is 44.3 Å². The van der Waals surface area contributed by atoms with E-state index in [9.17, 15) is 9.90 Å². The number of unbranched alkanes of at least 4 members (excludes halogenated alkanes) is 3. The van der Waals surface area contributed by atoms with Crippen LogP contribution in [0.4, 0.5) is 0 Å². The third-order valence-corrected chi connectivity index (χ3v) is 5.39. The highest BCUT2D eigenvalue weighted by Gasteiger charge is 2.21. The van der Waals surface area contributed by atoms with Crippen LogP contribution in [0.3, 0.4) is 0 Å². The number of aliphatic carboxylic acids is 1. The van der Waals surface area contributed by atoms with Gasteiger partial charge in [0.25, 0.3) is 0 Å². The number of thioether (sulfide) groups is 1. The molecular weight excluding hydrogens is 356 g/mol. The summed E-state index contributed by atoms with van der Waals surface area (Å²) in [5, 5.41) is 9.25. The van der Waals surface area contributed by atoms with Gasteiger partial charge in [-0.25, -0.2) is 0 Å². The highest BCUT2D eigenvalue weighted by Crippen LogP contribution is 2.33. The van der Waals surface area contributed by atoms with Gasteiger partial charge in [0.1, 0.15) is 11.7 Å². The average molecular weight is 395 g/mol. The van der Waals surface area contributed by atoms with Crippen molar-refractivity contribution in [2.45, 2.75) is 78.6 Å². The molecule has 0 spiro atoms. The number of aryl methyl sites for hydroxylation is 1. The Balaban J connectivity index is 2.49. The lowest BCUT2D eigenvalue weighted by Crippen LogP contribution is -2.19. The van der Waals surface area contributed by atoms with Crippen molar-refractivity contribution in [2.24, 2.45) is 11.8 Å². The minimum atomic E-state index is -0.651. The summed E-state index contributed by atoms with van der Waals surface area (Å²) in [7, 11) is 0. The molecule has 0 fully saturated rings. The van der Waals surface area contributed by atoms with Crippen molar-refractivity contribution in [1.82, 2.24) is 0 Å². The minimum absolute atomic E-state index is 0.0728. The van der Waals surface area contributed by atoms with Crippen LogP contribution in [0.25, 0.3) is 0 Å². The Labute approximate surface area is 170 Å². The van der Waals surface area contributed by atoms with Crippen LogP contribution in [0, 0.1) is 11.8 Å². The topological polar surface area (TPSA) is 46.5 Å². The lowest BCUT2D eigenvalue weighted by Gasteiger charge is -2.23. The van der Waals surface area contributed by atoms with Gasteiger partial charge in [-0.15, -0.1) is 11.8 Å². The molecule has 1 atom stereocenters. The zero-order valence-corrected chi connectivity index (χ0v) is 18.8. The average Bonchev–Trinajstić information content (AvgIpc) is 2.57. The molecule has 1 aromatic carbocycles. The summed E-state index contributed by atoms with van der Waals surface area (Å²) < 4.78 is 5.98. The van der Waals surface area contributed by atoms with Crippen LogP contribution >= 0.6 is 11.8 Å². The SMILES string of the molecule is CSCOc1cc(CCCCCCC(C(=O)O)C(C)C)ccc1C(C)(C)C. The molecule has 0 amide bonds. The normalized spacial score (nSPS) is 13.0. The van der Waals surface area contributed by atoms with Crippen molar-refractivity contribution in [3.05, 3.63) is 29.3 Å². The maximum atomic E-state index is 11.2. The maximum absolute atomic E-state index is 11.2. The van der Waals surface area contributed by atoms with Gasteiger partial charge in [0.2, 0.25) is 0 Å². The van der Waals surface area contributed by atoms with Gasteiger partial charge in [0.15, 0.2) is 0 Å². The lowest BCUT2D eigenvalue weighted by atomic mass is 9.85. The molecule has 0 aliphatic rings. The van der Waals surface area contributed by atoms with E-state index in [-0.39, 0.29) is 17.3 Å². The predicted molar refractivity (Wildman–Crippen MR) is 117 cm³/mol. The summed E-state index contributed by atoms with van der Waals surface area (Å²) in [5.74, 6) is 1.04. The highest BCUT2D eigenvalue weighted by molar-refractivity contribution is 7.98. The molecule has 27 heavy (non-hydrogen) atoms.